The van der Waals surface area contributed by atoms with Gasteiger partial charge >= 0.3 is 8.56 Å². The summed E-state index contributed by atoms with van der Waals surface area (Å²) in [5.74, 6) is 0. The molecule has 16 heavy (non-hydrogen) atoms. The largest absolute Gasteiger partial charge is 0.395 e. The third kappa shape index (κ3) is 8.08. The number of hydrogen-bond acceptors (Lipinski definition) is 2. The van der Waals surface area contributed by atoms with Gasteiger partial charge in [0.25, 0.3) is 0 Å². The summed E-state index contributed by atoms with van der Waals surface area (Å²) in [6.07, 6.45) is 9.34. The van der Waals surface area contributed by atoms with E-state index in [1.807, 2.05) is 13.8 Å². The van der Waals surface area contributed by atoms with Crippen molar-refractivity contribution in [2.24, 2.45) is 0 Å². The molecule has 0 spiro atoms. The van der Waals surface area contributed by atoms with Crippen molar-refractivity contribution in [2.75, 3.05) is 13.2 Å². The third-order valence-corrected chi connectivity index (χ3v) is 5.58. The van der Waals surface area contributed by atoms with Crippen molar-refractivity contribution < 1.29 is 8.85 Å². The van der Waals surface area contributed by atoms with E-state index < -0.39 is 8.56 Å². The number of rotatable bonds is 10. The Labute approximate surface area is 102 Å². The van der Waals surface area contributed by atoms with E-state index in [0.717, 1.165) is 25.7 Å². The Morgan fingerprint density at radius 2 is 1.50 bits per heavy atom. The second kappa shape index (κ2) is 10.1. The van der Waals surface area contributed by atoms with Crippen molar-refractivity contribution in [3.8, 4) is 0 Å². The molecule has 0 aliphatic heterocycles. The van der Waals surface area contributed by atoms with Crippen LogP contribution in [0.15, 0.2) is 12.2 Å². The van der Waals surface area contributed by atoms with Crippen LogP contribution in [0.3, 0.4) is 0 Å². The van der Waals surface area contributed by atoms with E-state index in [2.05, 4.69) is 25.6 Å². The van der Waals surface area contributed by atoms with Gasteiger partial charge < -0.3 is 8.85 Å². The molecule has 0 atom stereocenters. The lowest BCUT2D eigenvalue weighted by Crippen LogP contribution is -2.38. The number of hydrogen-bond donors (Lipinski definition) is 0. The van der Waals surface area contributed by atoms with Crippen LogP contribution in [0.2, 0.25) is 12.6 Å². The SMILES string of the molecule is CCCC=CCCC[Si](C)(OCC)OCC. The maximum atomic E-state index is 5.79. The quantitative estimate of drug-likeness (QED) is 0.325. The second-order valence-corrected chi connectivity index (χ2v) is 7.50. The summed E-state index contributed by atoms with van der Waals surface area (Å²) in [5.41, 5.74) is 0. The lowest BCUT2D eigenvalue weighted by Gasteiger charge is -2.25. The lowest BCUT2D eigenvalue weighted by atomic mass is 10.2. The van der Waals surface area contributed by atoms with Crippen molar-refractivity contribution in [2.45, 2.75) is 59.0 Å². The molecule has 0 unspecified atom stereocenters. The van der Waals surface area contributed by atoms with Gasteiger partial charge in [-0.1, -0.05) is 25.5 Å². The van der Waals surface area contributed by atoms with Crippen LogP contribution < -0.4 is 0 Å². The first-order valence-corrected chi connectivity index (χ1v) is 9.13. The summed E-state index contributed by atoms with van der Waals surface area (Å²) in [6, 6.07) is 1.10. The van der Waals surface area contributed by atoms with Gasteiger partial charge in [0.1, 0.15) is 0 Å². The molecule has 2 nitrogen and oxygen atoms in total. The van der Waals surface area contributed by atoms with Gasteiger partial charge in [-0.05, 0) is 45.7 Å². The van der Waals surface area contributed by atoms with Gasteiger partial charge in [-0.2, -0.15) is 0 Å². The standard InChI is InChI=1S/C13H28O2Si/c1-5-8-9-10-11-12-13-16(4,14-6-2)15-7-3/h9-10H,5-8,11-13H2,1-4H3. The minimum atomic E-state index is -1.85. The first-order chi connectivity index (χ1) is 7.68. The molecule has 0 saturated carbocycles. The summed E-state index contributed by atoms with van der Waals surface area (Å²) >= 11 is 0. The molecular weight excluding hydrogens is 216 g/mol. The summed E-state index contributed by atoms with van der Waals surface area (Å²) in [6.45, 7) is 10.0. The average Bonchev–Trinajstić information content (AvgIpc) is 2.24. The smallest absolute Gasteiger partial charge is 0.334 e. The maximum absolute atomic E-state index is 5.79. The molecule has 0 aromatic heterocycles. The van der Waals surface area contributed by atoms with Crippen molar-refractivity contribution >= 4 is 8.56 Å². The highest BCUT2D eigenvalue weighted by Gasteiger charge is 2.29. The highest BCUT2D eigenvalue weighted by Crippen LogP contribution is 2.17. The molecular formula is C13H28O2Si. The van der Waals surface area contributed by atoms with Crippen LogP contribution in [0, 0.1) is 0 Å². The van der Waals surface area contributed by atoms with Crippen LogP contribution in [0.25, 0.3) is 0 Å². The lowest BCUT2D eigenvalue weighted by molar-refractivity contribution is 0.188. The number of allylic oxidation sites excluding steroid dienone is 2. The van der Waals surface area contributed by atoms with Gasteiger partial charge in [0.2, 0.25) is 0 Å². The van der Waals surface area contributed by atoms with Crippen LogP contribution in [-0.4, -0.2) is 21.8 Å². The Morgan fingerprint density at radius 3 is 2.00 bits per heavy atom. The fraction of sp³-hybridized carbons (Fsp3) is 0.846. The highest BCUT2D eigenvalue weighted by molar-refractivity contribution is 6.66. The monoisotopic (exact) mass is 244 g/mol. The predicted molar refractivity (Wildman–Crippen MR) is 73.0 cm³/mol. The van der Waals surface area contributed by atoms with Crippen LogP contribution in [0.5, 0.6) is 0 Å². The molecule has 3 heteroatoms. The molecule has 0 aromatic carbocycles. The molecule has 0 aliphatic rings. The number of unbranched alkanes of at least 4 members (excludes halogenated alkanes) is 2. The third-order valence-electron chi connectivity index (χ3n) is 2.52. The Hall–Kier alpha value is -0.123. The molecule has 0 aliphatic carbocycles. The summed E-state index contributed by atoms with van der Waals surface area (Å²) < 4.78 is 11.6. The van der Waals surface area contributed by atoms with E-state index >= 15 is 0 Å². The summed E-state index contributed by atoms with van der Waals surface area (Å²) in [4.78, 5) is 0. The summed E-state index contributed by atoms with van der Waals surface area (Å²) in [5, 5.41) is 0. The van der Waals surface area contributed by atoms with E-state index in [9.17, 15) is 0 Å². The molecule has 0 heterocycles. The molecule has 0 bridgehead atoms. The molecule has 0 amide bonds. The Kier molecular flexibility index (Phi) is 9.98. The zero-order valence-electron chi connectivity index (χ0n) is 11.4. The van der Waals surface area contributed by atoms with Crippen LogP contribution in [-0.2, 0) is 8.85 Å². The van der Waals surface area contributed by atoms with Gasteiger partial charge in [-0.3, -0.25) is 0 Å². The molecule has 0 rings (SSSR count). The zero-order chi connectivity index (χ0) is 12.3. The minimum Gasteiger partial charge on any atom is -0.395 e. The van der Waals surface area contributed by atoms with Crippen LogP contribution in [0.1, 0.15) is 46.5 Å². The van der Waals surface area contributed by atoms with Crippen molar-refractivity contribution in [1.29, 1.82) is 0 Å². The fourth-order valence-electron chi connectivity index (χ4n) is 1.74. The van der Waals surface area contributed by atoms with E-state index in [-0.39, 0.29) is 0 Å². The molecule has 0 N–H and O–H groups in total. The van der Waals surface area contributed by atoms with Crippen LogP contribution in [0.4, 0.5) is 0 Å². The normalized spacial score (nSPS) is 12.5. The van der Waals surface area contributed by atoms with Gasteiger partial charge in [-0.15, -0.1) is 0 Å². The average molecular weight is 244 g/mol. The predicted octanol–water partition coefficient (Wildman–Crippen LogP) is 4.27. The molecule has 96 valence electrons. The van der Waals surface area contributed by atoms with Crippen molar-refractivity contribution in [3.63, 3.8) is 0 Å². The maximum Gasteiger partial charge on any atom is 0.334 e. The molecule has 0 aromatic rings. The Bertz CT molecular complexity index is 175. The van der Waals surface area contributed by atoms with Gasteiger partial charge in [-0.25, -0.2) is 0 Å². The first-order valence-electron chi connectivity index (χ1n) is 6.61. The van der Waals surface area contributed by atoms with Gasteiger partial charge in [0, 0.05) is 13.2 Å². The molecule has 0 fully saturated rings. The fourth-order valence-corrected chi connectivity index (χ4v) is 4.18. The van der Waals surface area contributed by atoms with Crippen molar-refractivity contribution in [1.82, 2.24) is 0 Å². The topological polar surface area (TPSA) is 18.5 Å². The summed E-state index contributed by atoms with van der Waals surface area (Å²) in [7, 11) is -1.85. The Balaban J connectivity index is 3.75. The molecule has 0 saturated heterocycles. The zero-order valence-corrected chi connectivity index (χ0v) is 12.4. The highest BCUT2D eigenvalue weighted by atomic mass is 28.4. The van der Waals surface area contributed by atoms with E-state index in [1.54, 1.807) is 0 Å². The minimum absolute atomic E-state index is 0.772. The van der Waals surface area contributed by atoms with Crippen LogP contribution >= 0.6 is 0 Å². The molecule has 0 radical (unpaired) electrons. The van der Waals surface area contributed by atoms with Gasteiger partial charge in [0.15, 0.2) is 0 Å². The van der Waals surface area contributed by atoms with E-state index in [4.69, 9.17) is 8.85 Å². The second-order valence-electron chi connectivity index (χ2n) is 4.15. The van der Waals surface area contributed by atoms with E-state index in [1.165, 1.54) is 19.3 Å². The van der Waals surface area contributed by atoms with E-state index in [0.29, 0.717) is 0 Å². The first kappa shape index (κ1) is 15.9. The van der Waals surface area contributed by atoms with Gasteiger partial charge in [0.05, 0.1) is 0 Å². The Morgan fingerprint density at radius 1 is 0.938 bits per heavy atom. The van der Waals surface area contributed by atoms with Crippen molar-refractivity contribution in [3.05, 3.63) is 12.2 Å².